The zero-order chi connectivity index (χ0) is 14.5. The number of fused-ring (bicyclic) bond motifs is 8. The SMILES string of the molecule is C1=C2S[C@@H](COc3ccccc32)[C@@H]2COc3ccccc3[C@@H]12. The van der Waals surface area contributed by atoms with E-state index in [0.717, 1.165) is 24.7 Å². The van der Waals surface area contributed by atoms with Crippen LogP contribution in [0.2, 0.25) is 0 Å². The molecule has 2 nitrogen and oxygen atoms in total. The lowest BCUT2D eigenvalue weighted by atomic mass is 9.81. The fourth-order valence-electron chi connectivity index (χ4n) is 3.69. The molecule has 2 aromatic carbocycles. The fourth-order valence-corrected chi connectivity index (χ4v) is 5.10. The van der Waals surface area contributed by atoms with Crippen LogP contribution in [0.3, 0.4) is 0 Å². The minimum absolute atomic E-state index is 0.431. The van der Waals surface area contributed by atoms with Crippen LogP contribution in [0.5, 0.6) is 11.5 Å². The van der Waals surface area contributed by atoms with Gasteiger partial charge in [0.15, 0.2) is 0 Å². The van der Waals surface area contributed by atoms with Crippen LogP contribution in [0.1, 0.15) is 17.0 Å². The first kappa shape index (κ1) is 12.7. The van der Waals surface area contributed by atoms with Crippen molar-refractivity contribution in [1.82, 2.24) is 0 Å². The van der Waals surface area contributed by atoms with E-state index in [2.05, 4.69) is 48.5 Å². The Balaban J connectivity index is 1.67. The summed E-state index contributed by atoms with van der Waals surface area (Å²) in [7, 11) is 0. The van der Waals surface area contributed by atoms with Crippen molar-refractivity contribution in [1.29, 1.82) is 0 Å². The first-order valence-corrected chi connectivity index (χ1v) is 8.60. The highest BCUT2D eigenvalue weighted by Crippen LogP contribution is 2.53. The molecular formula is C19H16O2S. The molecule has 3 aliphatic heterocycles. The maximum Gasteiger partial charge on any atom is 0.127 e. The molecule has 22 heavy (non-hydrogen) atoms. The van der Waals surface area contributed by atoms with E-state index in [0.29, 0.717) is 17.1 Å². The molecule has 0 fully saturated rings. The third kappa shape index (κ3) is 1.82. The molecule has 5 rings (SSSR count). The molecule has 0 saturated heterocycles. The Morgan fingerprint density at radius 3 is 2.59 bits per heavy atom. The van der Waals surface area contributed by atoms with Crippen molar-refractivity contribution < 1.29 is 9.47 Å². The predicted octanol–water partition coefficient (Wildman–Crippen LogP) is 4.33. The lowest BCUT2D eigenvalue weighted by Gasteiger charge is -2.39. The topological polar surface area (TPSA) is 18.5 Å². The molecule has 2 bridgehead atoms. The van der Waals surface area contributed by atoms with Gasteiger partial charge in [0.1, 0.15) is 18.1 Å². The van der Waals surface area contributed by atoms with Gasteiger partial charge >= 0.3 is 0 Å². The van der Waals surface area contributed by atoms with Gasteiger partial charge < -0.3 is 9.47 Å². The molecule has 0 aliphatic carbocycles. The molecule has 3 aliphatic rings. The highest BCUT2D eigenvalue weighted by atomic mass is 32.2. The Kier molecular flexibility index (Phi) is 2.77. The van der Waals surface area contributed by atoms with Crippen LogP contribution in [0.4, 0.5) is 0 Å². The van der Waals surface area contributed by atoms with E-state index in [9.17, 15) is 0 Å². The second-order valence-corrected chi connectivity index (χ2v) is 7.31. The summed E-state index contributed by atoms with van der Waals surface area (Å²) in [5, 5.41) is 0.450. The van der Waals surface area contributed by atoms with Crippen LogP contribution in [-0.2, 0) is 0 Å². The monoisotopic (exact) mass is 308 g/mol. The minimum Gasteiger partial charge on any atom is -0.493 e. The zero-order valence-corrected chi connectivity index (χ0v) is 12.9. The maximum absolute atomic E-state index is 6.08. The summed E-state index contributed by atoms with van der Waals surface area (Å²) in [6.07, 6.45) is 2.43. The molecule has 0 amide bonds. The van der Waals surface area contributed by atoms with E-state index >= 15 is 0 Å². The van der Waals surface area contributed by atoms with Crippen molar-refractivity contribution in [3.8, 4) is 11.5 Å². The summed E-state index contributed by atoms with van der Waals surface area (Å²) in [5.74, 6) is 2.97. The van der Waals surface area contributed by atoms with Gasteiger partial charge in [-0.3, -0.25) is 0 Å². The van der Waals surface area contributed by atoms with Gasteiger partial charge in [-0.1, -0.05) is 42.5 Å². The molecule has 0 aromatic heterocycles. The summed E-state index contributed by atoms with van der Waals surface area (Å²) in [6, 6.07) is 16.8. The van der Waals surface area contributed by atoms with E-state index in [1.165, 1.54) is 16.0 Å². The van der Waals surface area contributed by atoms with Gasteiger partial charge in [-0.2, -0.15) is 0 Å². The summed E-state index contributed by atoms with van der Waals surface area (Å²) in [4.78, 5) is 1.36. The summed E-state index contributed by atoms with van der Waals surface area (Å²) >= 11 is 1.95. The van der Waals surface area contributed by atoms with Gasteiger partial charge in [-0.05, 0) is 12.1 Å². The smallest absolute Gasteiger partial charge is 0.127 e. The van der Waals surface area contributed by atoms with E-state index < -0.39 is 0 Å². The van der Waals surface area contributed by atoms with E-state index in [-0.39, 0.29) is 0 Å². The molecule has 0 N–H and O–H groups in total. The number of allylic oxidation sites excluding steroid dienone is 1. The Bertz CT molecular complexity index is 768. The zero-order valence-electron chi connectivity index (χ0n) is 12.1. The van der Waals surface area contributed by atoms with Crippen LogP contribution in [0, 0.1) is 5.92 Å². The highest BCUT2D eigenvalue weighted by molar-refractivity contribution is 8.09. The van der Waals surface area contributed by atoms with Gasteiger partial charge in [-0.15, -0.1) is 11.8 Å². The van der Waals surface area contributed by atoms with Crippen molar-refractivity contribution >= 4 is 16.7 Å². The number of hydrogen-bond donors (Lipinski definition) is 0. The number of benzene rings is 2. The van der Waals surface area contributed by atoms with Gasteiger partial charge in [0, 0.05) is 27.9 Å². The van der Waals surface area contributed by atoms with Crippen molar-refractivity contribution in [3.05, 3.63) is 65.7 Å². The quantitative estimate of drug-likeness (QED) is 0.722. The van der Waals surface area contributed by atoms with Crippen LogP contribution in [-0.4, -0.2) is 18.5 Å². The minimum atomic E-state index is 0.431. The standard InChI is InChI=1S/C19H16O2S/c1-3-7-16-12(5-1)14-9-18-13-6-2-4-8-17(13)21-11-19(22-18)15(14)10-20-16/h1-9,14-15,19H,10-11H2/t14-,15-,19+/m1/s1. The van der Waals surface area contributed by atoms with Crippen LogP contribution < -0.4 is 9.47 Å². The molecule has 110 valence electrons. The molecule has 3 atom stereocenters. The Hall–Kier alpha value is -1.87. The Morgan fingerprint density at radius 1 is 0.864 bits per heavy atom. The first-order valence-electron chi connectivity index (χ1n) is 7.72. The predicted molar refractivity (Wildman–Crippen MR) is 89.5 cm³/mol. The Morgan fingerprint density at radius 2 is 1.64 bits per heavy atom. The maximum atomic E-state index is 6.08. The Labute approximate surface area is 134 Å². The number of rotatable bonds is 0. The third-order valence-corrected chi connectivity index (χ3v) is 6.21. The van der Waals surface area contributed by atoms with E-state index in [1.807, 2.05) is 17.8 Å². The molecule has 2 aromatic rings. The molecule has 3 heterocycles. The molecule has 0 radical (unpaired) electrons. The van der Waals surface area contributed by atoms with Crippen molar-refractivity contribution in [3.63, 3.8) is 0 Å². The molecule has 0 saturated carbocycles. The van der Waals surface area contributed by atoms with Crippen molar-refractivity contribution in [2.24, 2.45) is 5.92 Å². The van der Waals surface area contributed by atoms with E-state index in [4.69, 9.17) is 9.47 Å². The lowest BCUT2D eigenvalue weighted by molar-refractivity contribution is 0.181. The van der Waals surface area contributed by atoms with Gasteiger partial charge in [0.05, 0.1) is 11.9 Å². The average molecular weight is 308 g/mol. The third-order valence-electron chi connectivity index (χ3n) is 4.81. The number of thioether (sulfide) groups is 1. The number of ether oxygens (including phenoxy) is 2. The lowest BCUT2D eigenvalue weighted by Crippen LogP contribution is -2.37. The molecule has 3 heteroatoms. The van der Waals surface area contributed by atoms with Crippen molar-refractivity contribution in [2.45, 2.75) is 11.2 Å². The van der Waals surface area contributed by atoms with Gasteiger partial charge in [0.25, 0.3) is 0 Å². The summed E-state index contributed by atoms with van der Waals surface area (Å²) in [5.41, 5.74) is 2.55. The normalized spacial score (nSPS) is 28.0. The first-order chi connectivity index (χ1) is 10.9. The van der Waals surface area contributed by atoms with Crippen LogP contribution in [0.25, 0.3) is 4.91 Å². The molecule has 0 unspecified atom stereocenters. The second-order valence-electron chi connectivity index (χ2n) is 6.03. The van der Waals surface area contributed by atoms with E-state index in [1.54, 1.807) is 0 Å². The molecular weight excluding hydrogens is 292 g/mol. The highest BCUT2D eigenvalue weighted by Gasteiger charge is 2.41. The fraction of sp³-hybridized carbons (Fsp3) is 0.263. The molecule has 0 spiro atoms. The number of para-hydroxylation sites is 2. The van der Waals surface area contributed by atoms with Crippen LogP contribution in [0.15, 0.2) is 54.6 Å². The number of hydrogen-bond acceptors (Lipinski definition) is 3. The largest absolute Gasteiger partial charge is 0.493 e. The summed E-state index contributed by atoms with van der Waals surface area (Å²) in [6.45, 7) is 1.54. The van der Waals surface area contributed by atoms with Gasteiger partial charge in [0.2, 0.25) is 0 Å². The summed E-state index contributed by atoms with van der Waals surface area (Å²) < 4.78 is 12.1. The average Bonchev–Trinajstić information content (AvgIpc) is 2.73. The van der Waals surface area contributed by atoms with Gasteiger partial charge in [-0.25, -0.2) is 0 Å². The van der Waals surface area contributed by atoms with Crippen molar-refractivity contribution in [2.75, 3.05) is 13.2 Å². The van der Waals surface area contributed by atoms with Crippen LogP contribution >= 0.6 is 11.8 Å². The second kappa shape index (κ2) is 4.82.